The van der Waals surface area contributed by atoms with E-state index >= 15 is 0 Å². The Bertz CT molecular complexity index is 888. The third-order valence-corrected chi connectivity index (χ3v) is 5.38. The predicted octanol–water partition coefficient (Wildman–Crippen LogP) is 3.80. The van der Waals surface area contributed by atoms with Gasteiger partial charge in [0.1, 0.15) is 11.4 Å². The number of esters is 1. The maximum absolute atomic E-state index is 12.7. The normalized spacial score (nSPS) is 16.6. The van der Waals surface area contributed by atoms with Crippen molar-refractivity contribution in [1.29, 1.82) is 0 Å². The predicted molar refractivity (Wildman–Crippen MR) is 114 cm³/mol. The van der Waals surface area contributed by atoms with Crippen molar-refractivity contribution >= 4 is 28.5 Å². The Morgan fingerprint density at radius 2 is 2.10 bits per heavy atom. The molecule has 0 atom stereocenters. The van der Waals surface area contributed by atoms with Crippen LogP contribution in [-0.4, -0.2) is 55.1 Å². The number of fused-ring (bicyclic) bond motifs is 1. The smallest absolute Gasteiger partial charge is 0.356 e. The Morgan fingerprint density at radius 3 is 2.79 bits per heavy atom. The van der Waals surface area contributed by atoms with Crippen LogP contribution < -0.4 is 10.1 Å². The van der Waals surface area contributed by atoms with Crippen LogP contribution in [0.25, 0.3) is 10.9 Å². The fourth-order valence-corrected chi connectivity index (χ4v) is 3.98. The molecule has 7 nitrogen and oxygen atoms in total. The van der Waals surface area contributed by atoms with Crippen LogP contribution in [0.1, 0.15) is 50.5 Å². The van der Waals surface area contributed by atoms with Gasteiger partial charge in [0, 0.05) is 30.4 Å². The molecule has 2 heterocycles. The first-order valence-electron chi connectivity index (χ1n) is 10.2. The second kappa shape index (κ2) is 8.86. The average Bonchev–Trinajstić information content (AvgIpc) is 3.03. The SMILES string of the molecule is CCOC(=O)c1[nH]c2ccc(OC)cc2c1NC(=O)CCN1CCCC(C)(C)C1. The molecule has 158 valence electrons. The fourth-order valence-electron chi connectivity index (χ4n) is 3.98. The lowest BCUT2D eigenvalue weighted by molar-refractivity contribution is -0.116. The van der Waals surface area contributed by atoms with Crippen LogP contribution in [0.4, 0.5) is 5.69 Å². The van der Waals surface area contributed by atoms with E-state index in [0.717, 1.165) is 30.4 Å². The molecule has 0 unspecified atom stereocenters. The van der Waals surface area contributed by atoms with Crippen LogP contribution in [0.3, 0.4) is 0 Å². The van der Waals surface area contributed by atoms with Gasteiger partial charge in [0.2, 0.25) is 5.91 Å². The lowest BCUT2D eigenvalue weighted by Crippen LogP contribution is -2.41. The van der Waals surface area contributed by atoms with E-state index in [1.807, 2.05) is 6.07 Å². The molecule has 2 aromatic rings. The van der Waals surface area contributed by atoms with Gasteiger partial charge < -0.3 is 24.7 Å². The van der Waals surface area contributed by atoms with E-state index in [1.54, 1.807) is 26.2 Å². The van der Waals surface area contributed by atoms with Gasteiger partial charge in [-0.2, -0.15) is 0 Å². The highest BCUT2D eigenvalue weighted by Crippen LogP contribution is 2.32. The summed E-state index contributed by atoms with van der Waals surface area (Å²) in [5.41, 5.74) is 1.73. The van der Waals surface area contributed by atoms with Gasteiger partial charge in [-0.1, -0.05) is 13.8 Å². The fraction of sp³-hybridized carbons (Fsp3) is 0.545. The summed E-state index contributed by atoms with van der Waals surface area (Å²) in [5, 5.41) is 3.65. The van der Waals surface area contributed by atoms with Gasteiger partial charge in [-0.3, -0.25) is 4.79 Å². The molecule has 7 heteroatoms. The zero-order valence-electron chi connectivity index (χ0n) is 17.8. The Hall–Kier alpha value is -2.54. The van der Waals surface area contributed by atoms with Crippen molar-refractivity contribution < 1.29 is 19.1 Å². The highest BCUT2D eigenvalue weighted by molar-refractivity contribution is 6.11. The van der Waals surface area contributed by atoms with E-state index in [4.69, 9.17) is 9.47 Å². The van der Waals surface area contributed by atoms with Crippen LogP contribution in [0.15, 0.2) is 18.2 Å². The number of amides is 1. The molecule has 0 radical (unpaired) electrons. The van der Waals surface area contributed by atoms with E-state index in [0.29, 0.717) is 29.8 Å². The third-order valence-electron chi connectivity index (χ3n) is 5.38. The molecule has 0 saturated carbocycles. The number of anilines is 1. The Labute approximate surface area is 171 Å². The van der Waals surface area contributed by atoms with Gasteiger partial charge in [-0.15, -0.1) is 0 Å². The van der Waals surface area contributed by atoms with Crippen molar-refractivity contribution in [3.8, 4) is 5.75 Å². The molecule has 1 aromatic carbocycles. The number of nitrogens with zero attached hydrogens (tertiary/aromatic N) is 1. The summed E-state index contributed by atoms with van der Waals surface area (Å²) in [6.45, 7) is 9.27. The number of benzene rings is 1. The summed E-state index contributed by atoms with van der Waals surface area (Å²) < 4.78 is 10.4. The summed E-state index contributed by atoms with van der Waals surface area (Å²) in [4.78, 5) is 30.5. The van der Waals surface area contributed by atoms with Crippen molar-refractivity contribution in [3.05, 3.63) is 23.9 Å². The Kier molecular flexibility index (Phi) is 6.47. The minimum Gasteiger partial charge on any atom is -0.497 e. The van der Waals surface area contributed by atoms with Crippen LogP contribution in [0, 0.1) is 5.41 Å². The zero-order chi connectivity index (χ0) is 21.0. The van der Waals surface area contributed by atoms with Gasteiger partial charge in [0.05, 0.1) is 19.4 Å². The van der Waals surface area contributed by atoms with Crippen molar-refractivity contribution in [1.82, 2.24) is 9.88 Å². The summed E-state index contributed by atoms with van der Waals surface area (Å²) in [6.07, 6.45) is 2.74. The van der Waals surface area contributed by atoms with Crippen molar-refractivity contribution in [3.63, 3.8) is 0 Å². The van der Waals surface area contributed by atoms with Crippen LogP contribution >= 0.6 is 0 Å². The topological polar surface area (TPSA) is 83.7 Å². The monoisotopic (exact) mass is 401 g/mol. The van der Waals surface area contributed by atoms with Gasteiger partial charge in [-0.25, -0.2) is 4.79 Å². The molecule has 0 aliphatic carbocycles. The molecule has 1 aliphatic rings. The number of H-pyrrole nitrogens is 1. The molecule has 1 amide bonds. The largest absolute Gasteiger partial charge is 0.497 e. The molecule has 0 spiro atoms. The van der Waals surface area contributed by atoms with Gasteiger partial charge >= 0.3 is 5.97 Å². The number of rotatable bonds is 7. The van der Waals surface area contributed by atoms with Crippen molar-refractivity contribution in [2.75, 3.05) is 38.7 Å². The first kappa shape index (κ1) is 21.2. The molecule has 1 aromatic heterocycles. The van der Waals surface area contributed by atoms with E-state index in [1.165, 1.54) is 6.42 Å². The van der Waals surface area contributed by atoms with E-state index < -0.39 is 5.97 Å². The van der Waals surface area contributed by atoms with Crippen LogP contribution in [0.2, 0.25) is 0 Å². The molecule has 29 heavy (non-hydrogen) atoms. The number of methoxy groups -OCH3 is 1. The molecule has 2 N–H and O–H groups in total. The summed E-state index contributed by atoms with van der Waals surface area (Å²) in [6, 6.07) is 5.43. The van der Waals surface area contributed by atoms with E-state index in [-0.39, 0.29) is 18.2 Å². The molecule has 0 bridgehead atoms. The number of carbonyl (C=O) groups is 2. The van der Waals surface area contributed by atoms with Crippen LogP contribution in [-0.2, 0) is 9.53 Å². The highest BCUT2D eigenvalue weighted by Gasteiger charge is 2.27. The number of hydrogen-bond acceptors (Lipinski definition) is 5. The first-order chi connectivity index (χ1) is 13.8. The second-order valence-corrected chi connectivity index (χ2v) is 8.35. The van der Waals surface area contributed by atoms with Crippen molar-refractivity contribution in [2.24, 2.45) is 5.41 Å². The maximum atomic E-state index is 12.7. The molecular weight excluding hydrogens is 370 g/mol. The van der Waals surface area contributed by atoms with Gasteiger partial charge in [0.25, 0.3) is 0 Å². The number of aromatic amines is 1. The molecule has 1 aliphatic heterocycles. The number of hydrogen-bond donors (Lipinski definition) is 2. The molecule has 1 saturated heterocycles. The summed E-state index contributed by atoms with van der Waals surface area (Å²) >= 11 is 0. The highest BCUT2D eigenvalue weighted by atomic mass is 16.5. The number of carbonyl (C=O) groups excluding carboxylic acids is 2. The van der Waals surface area contributed by atoms with E-state index in [9.17, 15) is 9.59 Å². The lowest BCUT2D eigenvalue weighted by Gasteiger charge is -2.37. The van der Waals surface area contributed by atoms with Gasteiger partial charge in [0.15, 0.2) is 0 Å². The lowest BCUT2D eigenvalue weighted by atomic mass is 9.84. The quantitative estimate of drug-likeness (QED) is 0.690. The Balaban J connectivity index is 1.77. The average molecular weight is 402 g/mol. The number of nitrogens with one attached hydrogen (secondary N) is 2. The number of ether oxygens (including phenoxy) is 2. The maximum Gasteiger partial charge on any atom is 0.356 e. The summed E-state index contributed by atoms with van der Waals surface area (Å²) in [5.74, 6) is 0.0383. The summed E-state index contributed by atoms with van der Waals surface area (Å²) in [7, 11) is 1.58. The van der Waals surface area contributed by atoms with Gasteiger partial charge in [-0.05, 0) is 49.9 Å². The number of likely N-dealkylation sites (tertiary alicyclic amines) is 1. The molecule has 1 fully saturated rings. The number of aromatic nitrogens is 1. The van der Waals surface area contributed by atoms with Crippen molar-refractivity contribution in [2.45, 2.75) is 40.0 Å². The Morgan fingerprint density at radius 1 is 1.31 bits per heavy atom. The second-order valence-electron chi connectivity index (χ2n) is 8.35. The van der Waals surface area contributed by atoms with Crippen LogP contribution in [0.5, 0.6) is 5.75 Å². The number of piperidine rings is 1. The third kappa shape index (κ3) is 5.09. The zero-order valence-corrected chi connectivity index (χ0v) is 17.8. The molecule has 3 rings (SSSR count). The molecular formula is C22H31N3O4. The minimum absolute atomic E-state index is 0.123. The first-order valence-corrected chi connectivity index (χ1v) is 10.2. The van der Waals surface area contributed by atoms with E-state index in [2.05, 4.69) is 29.0 Å². The minimum atomic E-state index is -0.490. The standard InChI is InChI=1S/C22H31N3O4/c1-5-29-21(27)20-19(16-13-15(28-4)7-8-17(16)23-20)24-18(26)9-12-25-11-6-10-22(2,3)14-25/h7-8,13,23H,5-6,9-12,14H2,1-4H3,(H,24,26).